The number of rotatable bonds is 6. The van der Waals surface area contributed by atoms with Crippen LogP contribution in [0.3, 0.4) is 0 Å². The summed E-state index contributed by atoms with van der Waals surface area (Å²) < 4.78 is 7.10. The van der Waals surface area contributed by atoms with Gasteiger partial charge in [0.15, 0.2) is 0 Å². The maximum absolute atomic E-state index is 12.1. The third-order valence-electron chi connectivity index (χ3n) is 2.98. The van der Waals surface area contributed by atoms with Crippen LogP contribution >= 0.6 is 0 Å². The molecule has 2 atom stereocenters. The molecule has 0 fully saturated rings. The van der Waals surface area contributed by atoms with Crippen LogP contribution in [0.25, 0.3) is 0 Å². The van der Waals surface area contributed by atoms with Gasteiger partial charge in [0, 0.05) is 0 Å². The van der Waals surface area contributed by atoms with Gasteiger partial charge in [-0.25, -0.2) is 0 Å². The summed E-state index contributed by atoms with van der Waals surface area (Å²) in [6.07, 6.45) is 0. The molecule has 2 unspecified atom stereocenters. The van der Waals surface area contributed by atoms with Gasteiger partial charge >= 0.3 is 158 Å². The summed E-state index contributed by atoms with van der Waals surface area (Å²) in [7, 11) is 0. The van der Waals surface area contributed by atoms with Crippen molar-refractivity contribution in [2.45, 2.75) is 21.8 Å². The Labute approximate surface area is 157 Å². The maximum atomic E-state index is 12.1. The molecule has 5 heteroatoms. The van der Waals surface area contributed by atoms with Crippen LogP contribution in [0.5, 0.6) is 0 Å². The molecular weight excluding hydrogens is 519 g/mol. The van der Waals surface area contributed by atoms with E-state index in [-0.39, 0.29) is 19.9 Å². The van der Waals surface area contributed by atoms with Crippen LogP contribution in [-0.4, -0.2) is 53.8 Å². The van der Waals surface area contributed by atoms with Crippen LogP contribution in [0.2, 0.25) is 7.93 Å². The van der Waals surface area contributed by atoms with Crippen molar-refractivity contribution in [1.29, 1.82) is 0 Å². The molecule has 23 heavy (non-hydrogen) atoms. The first-order valence-corrected chi connectivity index (χ1v) is 12.3. The summed E-state index contributed by atoms with van der Waals surface area (Å²) in [6.45, 7) is 3.70. The van der Waals surface area contributed by atoms with Crippen molar-refractivity contribution in [3.63, 3.8) is 0 Å². The van der Waals surface area contributed by atoms with E-state index in [1.165, 1.54) is 7.22 Å². The fourth-order valence-electron chi connectivity index (χ4n) is 1.77. The standard InChI is InChI=1S/C18H18O3Te2/c1-13(22-15-9-5-3-6-10-15)17(19)21-18(20)14(2)23-16-11-7-4-8-12-16/h3-14H,1-2H3. The normalized spacial score (nSPS) is 13.1. The SMILES string of the molecule is CC([Te]c1ccccc1)C(=O)OC(=O)C(C)[Te]c1ccccc1. The van der Waals surface area contributed by atoms with Gasteiger partial charge in [-0.3, -0.25) is 0 Å². The first-order chi connectivity index (χ1) is 11.1. The molecule has 3 nitrogen and oxygen atoms in total. The number of hydrogen-bond acceptors (Lipinski definition) is 3. The Hall–Kier alpha value is -0.841. The summed E-state index contributed by atoms with van der Waals surface area (Å²) in [4.78, 5) is 24.2. The second kappa shape index (κ2) is 9.45. The van der Waals surface area contributed by atoms with Crippen LogP contribution in [0, 0.1) is 0 Å². The van der Waals surface area contributed by atoms with E-state index in [0.29, 0.717) is 0 Å². The number of hydrogen-bond donors (Lipinski definition) is 0. The van der Waals surface area contributed by atoms with Crippen LogP contribution in [0.4, 0.5) is 0 Å². The van der Waals surface area contributed by atoms with Gasteiger partial charge in [0.2, 0.25) is 0 Å². The van der Waals surface area contributed by atoms with Gasteiger partial charge in [0.25, 0.3) is 0 Å². The fraction of sp³-hybridized carbons (Fsp3) is 0.222. The third kappa shape index (κ3) is 6.28. The summed E-state index contributed by atoms with van der Waals surface area (Å²) in [5.74, 6) is -0.762. The van der Waals surface area contributed by atoms with E-state index in [9.17, 15) is 9.59 Å². The monoisotopic (exact) mass is 542 g/mol. The molecule has 0 spiro atoms. The Morgan fingerprint density at radius 2 is 1.09 bits per heavy atom. The molecule has 0 aromatic heterocycles. The first-order valence-electron chi connectivity index (χ1n) is 7.25. The third-order valence-corrected chi connectivity index (χ3v) is 9.20. The predicted molar refractivity (Wildman–Crippen MR) is 93.6 cm³/mol. The molecule has 2 aromatic carbocycles. The summed E-state index contributed by atoms with van der Waals surface area (Å²) in [5.41, 5.74) is 0. The number of benzene rings is 2. The van der Waals surface area contributed by atoms with E-state index < -0.39 is 41.8 Å². The van der Waals surface area contributed by atoms with Crippen LogP contribution in [0.15, 0.2) is 60.7 Å². The summed E-state index contributed by atoms with van der Waals surface area (Å²) in [6, 6.07) is 19.9. The minimum atomic E-state index is -0.688. The number of carbonyl (C=O) groups is 2. The molecule has 0 aliphatic carbocycles. The number of esters is 2. The predicted octanol–water partition coefficient (Wildman–Crippen LogP) is 1.73. The topological polar surface area (TPSA) is 43.4 Å². The van der Waals surface area contributed by atoms with Crippen molar-refractivity contribution in [2.24, 2.45) is 0 Å². The van der Waals surface area contributed by atoms with Crippen LogP contribution < -0.4 is 7.22 Å². The van der Waals surface area contributed by atoms with Gasteiger partial charge < -0.3 is 0 Å². The van der Waals surface area contributed by atoms with E-state index in [4.69, 9.17) is 4.74 Å². The second-order valence-corrected chi connectivity index (χ2v) is 13.0. The summed E-state index contributed by atoms with van der Waals surface area (Å²) in [5, 5.41) is 0. The van der Waals surface area contributed by atoms with Crippen molar-refractivity contribution < 1.29 is 14.3 Å². The number of ether oxygens (including phenoxy) is 1. The van der Waals surface area contributed by atoms with Gasteiger partial charge in [-0.1, -0.05) is 0 Å². The Kier molecular flexibility index (Phi) is 7.60. The van der Waals surface area contributed by atoms with Crippen molar-refractivity contribution in [1.82, 2.24) is 0 Å². The van der Waals surface area contributed by atoms with E-state index >= 15 is 0 Å². The fourth-order valence-corrected chi connectivity index (χ4v) is 6.72. The van der Waals surface area contributed by atoms with E-state index in [0.717, 1.165) is 0 Å². The van der Waals surface area contributed by atoms with Crippen molar-refractivity contribution in [2.75, 3.05) is 0 Å². The summed E-state index contributed by atoms with van der Waals surface area (Å²) >= 11 is -1.38. The molecule has 0 saturated heterocycles. The first kappa shape index (κ1) is 18.5. The average molecular weight is 538 g/mol. The van der Waals surface area contributed by atoms with Crippen molar-refractivity contribution in [3.8, 4) is 0 Å². The van der Waals surface area contributed by atoms with Crippen LogP contribution in [0.1, 0.15) is 13.8 Å². The molecule has 0 heterocycles. The number of carbonyl (C=O) groups excluding carboxylic acids is 2. The molecule has 0 aliphatic heterocycles. The van der Waals surface area contributed by atoms with Crippen LogP contribution in [-0.2, 0) is 14.3 Å². The molecule has 0 saturated carbocycles. The minimum absolute atomic E-state index is 0.198. The van der Waals surface area contributed by atoms with Crippen molar-refractivity contribution in [3.05, 3.63) is 60.7 Å². The Bertz CT molecular complexity index is 586. The quantitative estimate of drug-likeness (QED) is 0.321. The molecule has 2 rings (SSSR count). The zero-order chi connectivity index (χ0) is 16.7. The average Bonchev–Trinajstić information content (AvgIpc) is 2.56. The van der Waals surface area contributed by atoms with Crippen molar-refractivity contribution >= 4 is 61.0 Å². The Balaban J connectivity index is 1.85. The second-order valence-electron chi connectivity index (χ2n) is 4.89. The van der Waals surface area contributed by atoms with E-state index in [1.54, 1.807) is 0 Å². The zero-order valence-corrected chi connectivity index (χ0v) is 17.6. The molecule has 0 N–H and O–H groups in total. The Morgan fingerprint density at radius 1 is 0.739 bits per heavy atom. The van der Waals surface area contributed by atoms with Gasteiger partial charge in [-0.05, 0) is 0 Å². The van der Waals surface area contributed by atoms with E-state index in [1.807, 2.05) is 74.5 Å². The van der Waals surface area contributed by atoms with Gasteiger partial charge in [-0.15, -0.1) is 0 Å². The molecule has 0 aliphatic rings. The Morgan fingerprint density at radius 3 is 1.43 bits per heavy atom. The van der Waals surface area contributed by atoms with Gasteiger partial charge in [0.1, 0.15) is 0 Å². The molecular formula is C18H18O3Te2. The van der Waals surface area contributed by atoms with Gasteiger partial charge in [-0.2, -0.15) is 0 Å². The molecule has 120 valence electrons. The molecule has 0 bridgehead atoms. The molecule has 2 aromatic rings. The zero-order valence-electron chi connectivity index (χ0n) is 13.0. The van der Waals surface area contributed by atoms with E-state index in [2.05, 4.69) is 0 Å². The van der Waals surface area contributed by atoms with Gasteiger partial charge in [0.05, 0.1) is 0 Å². The molecule has 0 amide bonds. The molecule has 0 radical (unpaired) electrons.